The monoisotopic (exact) mass is 281 g/mol. The maximum Gasteiger partial charge on any atom is 0.389 e. The molecule has 0 radical (unpaired) electrons. The summed E-state index contributed by atoms with van der Waals surface area (Å²) in [6, 6.07) is 2.89. The van der Waals surface area contributed by atoms with Crippen molar-refractivity contribution in [3.8, 4) is 0 Å². The van der Waals surface area contributed by atoms with E-state index in [1.54, 1.807) is 0 Å². The Labute approximate surface area is 104 Å². The van der Waals surface area contributed by atoms with Crippen LogP contribution in [0.25, 0.3) is 0 Å². The SMILES string of the molecule is O=C(CCC(F)(F)F)NCc1ccc(C(=O)O)s1. The molecule has 1 rings (SSSR count). The van der Waals surface area contributed by atoms with Gasteiger partial charge in [0.25, 0.3) is 0 Å². The van der Waals surface area contributed by atoms with Crippen LogP contribution in [0.1, 0.15) is 27.4 Å². The van der Waals surface area contributed by atoms with Gasteiger partial charge in [0.15, 0.2) is 0 Å². The molecule has 1 aromatic heterocycles. The highest BCUT2D eigenvalue weighted by molar-refractivity contribution is 7.13. The maximum absolute atomic E-state index is 11.8. The van der Waals surface area contributed by atoms with Crippen molar-refractivity contribution in [3.05, 3.63) is 21.9 Å². The lowest BCUT2D eigenvalue weighted by atomic mass is 10.3. The van der Waals surface area contributed by atoms with Gasteiger partial charge in [-0.15, -0.1) is 11.3 Å². The molecule has 0 atom stereocenters. The zero-order valence-electron chi connectivity index (χ0n) is 9.08. The molecule has 0 aromatic carbocycles. The Morgan fingerprint density at radius 1 is 1.33 bits per heavy atom. The highest BCUT2D eigenvalue weighted by atomic mass is 32.1. The Hall–Kier alpha value is -1.57. The van der Waals surface area contributed by atoms with E-state index >= 15 is 0 Å². The molecule has 0 saturated heterocycles. The number of carboxylic acid groups (broad SMARTS) is 1. The minimum atomic E-state index is -4.35. The van der Waals surface area contributed by atoms with Gasteiger partial charge in [-0.2, -0.15) is 13.2 Å². The zero-order valence-corrected chi connectivity index (χ0v) is 9.90. The summed E-state index contributed by atoms with van der Waals surface area (Å²) in [6.45, 7) is 0.0363. The summed E-state index contributed by atoms with van der Waals surface area (Å²) in [4.78, 5) is 22.3. The summed E-state index contributed by atoms with van der Waals surface area (Å²) in [5.74, 6) is -1.78. The van der Waals surface area contributed by atoms with Crippen molar-refractivity contribution in [2.45, 2.75) is 25.6 Å². The predicted octanol–water partition coefficient (Wildman–Crippen LogP) is 2.41. The molecule has 1 aromatic rings. The number of halogens is 3. The van der Waals surface area contributed by atoms with Gasteiger partial charge in [0, 0.05) is 11.3 Å². The summed E-state index contributed by atoms with van der Waals surface area (Å²) < 4.78 is 35.5. The lowest BCUT2D eigenvalue weighted by Crippen LogP contribution is -2.24. The molecule has 18 heavy (non-hydrogen) atoms. The number of amides is 1. The van der Waals surface area contributed by atoms with Crippen LogP contribution in [0, 0.1) is 0 Å². The standard InChI is InChI=1S/C10H10F3NO3S/c11-10(12,13)4-3-8(15)14-5-6-1-2-7(18-6)9(16)17/h1-2H,3-5H2,(H,14,15)(H,16,17). The molecule has 0 aliphatic rings. The molecule has 2 N–H and O–H groups in total. The van der Waals surface area contributed by atoms with Crippen molar-refractivity contribution in [2.75, 3.05) is 0 Å². The van der Waals surface area contributed by atoms with Crippen LogP contribution in [0.15, 0.2) is 12.1 Å². The van der Waals surface area contributed by atoms with Crippen molar-refractivity contribution in [1.29, 1.82) is 0 Å². The van der Waals surface area contributed by atoms with E-state index < -0.39 is 30.9 Å². The number of carboxylic acids is 1. The number of nitrogens with one attached hydrogen (secondary N) is 1. The quantitative estimate of drug-likeness (QED) is 0.871. The summed E-state index contributed by atoms with van der Waals surface area (Å²) in [5.41, 5.74) is 0. The Kier molecular flexibility index (Phi) is 4.71. The first-order valence-corrected chi connectivity index (χ1v) is 5.75. The normalized spacial score (nSPS) is 11.3. The summed E-state index contributed by atoms with van der Waals surface area (Å²) in [5, 5.41) is 10.9. The fourth-order valence-corrected chi connectivity index (χ4v) is 1.90. The molecule has 0 fully saturated rings. The smallest absolute Gasteiger partial charge is 0.389 e. The molecule has 1 amide bonds. The van der Waals surface area contributed by atoms with Gasteiger partial charge in [-0.3, -0.25) is 4.79 Å². The minimum absolute atomic E-state index is 0.0363. The Balaban J connectivity index is 2.36. The van der Waals surface area contributed by atoms with Gasteiger partial charge in [0.2, 0.25) is 5.91 Å². The first-order chi connectivity index (χ1) is 8.28. The second-order valence-electron chi connectivity index (χ2n) is 3.46. The van der Waals surface area contributed by atoms with Crippen LogP contribution in [0.3, 0.4) is 0 Å². The van der Waals surface area contributed by atoms with Crippen molar-refractivity contribution < 1.29 is 27.9 Å². The molecule has 0 spiro atoms. The number of alkyl halides is 3. The van der Waals surface area contributed by atoms with Gasteiger partial charge in [0.05, 0.1) is 13.0 Å². The van der Waals surface area contributed by atoms with Crippen LogP contribution in [0.2, 0.25) is 0 Å². The number of aromatic carboxylic acids is 1. The molecule has 4 nitrogen and oxygen atoms in total. The van der Waals surface area contributed by atoms with Crippen LogP contribution in [-0.4, -0.2) is 23.2 Å². The van der Waals surface area contributed by atoms with Gasteiger partial charge in [-0.25, -0.2) is 4.79 Å². The maximum atomic E-state index is 11.8. The van der Waals surface area contributed by atoms with E-state index in [4.69, 9.17) is 5.11 Å². The van der Waals surface area contributed by atoms with Crippen LogP contribution < -0.4 is 5.32 Å². The first-order valence-electron chi connectivity index (χ1n) is 4.93. The fraction of sp³-hybridized carbons (Fsp3) is 0.400. The number of rotatable bonds is 5. The van der Waals surface area contributed by atoms with Gasteiger partial charge < -0.3 is 10.4 Å². The van der Waals surface area contributed by atoms with E-state index in [1.165, 1.54) is 12.1 Å². The fourth-order valence-electron chi connectivity index (χ4n) is 1.12. The van der Waals surface area contributed by atoms with Gasteiger partial charge in [-0.05, 0) is 12.1 Å². The molecule has 100 valence electrons. The van der Waals surface area contributed by atoms with E-state index in [2.05, 4.69) is 5.32 Å². The third kappa shape index (κ3) is 5.17. The molecular formula is C10H10F3NO3S. The number of hydrogen-bond acceptors (Lipinski definition) is 3. The molecule has 1 heterocycles. The van der Waals surface area contributed by atoms with Crippen LogP contribution in [-0.2, 0) is 11.3 Å². The molecule has 0 saturated carbocycles. The Morgan fingerprint density at radius 3 is 2.50 bits per heavy atom. The highest BCUT2D eigenvalue weighted by Gasteiger charge is 2.27. The van der Waals surface area contributed by atoms with E-state index in [9.17, 15) is 22.8 Å². The van der Waals surface area contributed by atoms with E-state index in [-0.39, 0.29) is 11.4 Å². The molecule has 0 bridgehead atoms. The lowest BCUT2D eigenvalue weighted by Gasteiger charge is -2.06. The van der Waals surface area contributed by atoms with Crippen molar-refractivity contribution in [1.82, 2.24) is 5.32 Å². The van der Waals surface area contributed by atoms with Crippen LogP contribution >= 0.6 is 11.3 Å². The largest absolute Gasteiger partial charge is 0.477 e. The average Bonchev–Trinajstić information content (AvgIpc) is 2.71. The third-order valence-corrected chi connectivity index (χ3v) is 3.04. The van der Waals surface area contributed by atoms with Crippen molar-refractivity contribution in [2.24, 2.45) is 0 Å². The van der Waals surface area contributed by atoms with Crippen molar-refractivity contribution >= 4 is 23.2 Å². The topological polar surface area (TPSA) is 66.4 Å². The molecule has 8 heteroatoms. The lowest BCUT2D eigenvalue weighted by molar-refractivity contribution is -0.144. The number of hydrogen-bond donors (Lipinski definition) is 2. The average molecular weight is 281 g/mol. The van der Waals surface area contributed by atoms with Crippen LogP contribution in [0.5, 0.6) is 0 Å². The summed E-state index contributed by atoms with van der Waals surface area (Å²) in [6.07, 6.45) is -6.14. The van der Waals surface area contributed by atoms with Crippen molar-refractivity contribution in [3.63, 3.8) is 0 Å². The number of carbonyl (C=O) groups is 2. The highest BCUT2D eigenvalue weighted by Crippen LogP contribution is 2.21. The third-order valence-electron chi connectivity index (χ3n) is 1.97. The van der Waals surface area contributed by atoms with E-state index in [0.717, 1.165) is 11.3 Å². The summed E-state index contributed by atoms with van der Waals surface area (Å²) in [7, 11) is 0. The number of carbonyl (C=O) groups excluding carboxylic acids is 1. The summed E-state index contributed by atoms with van der Waals surface area (Å²) >= 11 is 0.970. The molecule has 0 unspecified atom stereocenters. The predicted molar refractivity (Wildman–Crippen MR) is 58.4 cm³/mol. The molecule has 0 aliphatic carbocycles. The van der Waals surface area contributed by atoms with Gasteiger partial charge in [-0.1, -0.05) is 0 Å². The second kappa shape index (κ2) is 5.85. The Bertz CT molecular complexity index is 442. The molecule has 0 aliphatic heterocycles. The first kappa shape index (κ1) is 14.5. The van der Waals surface area contributed by atoms with Crippen LogP contribution in [0.4, 0.5) is 13.2 Å². The second-order valence-corrected chi connectivity index (χ2v) is 4.63. The van der Waals surface area contributed by atoms with Gasteiger partial charge in [0.1, 0.15) is 4.88 Å². The zero-order chi connectivity index (χ0) is 13.8. The minimum Gasteiger partial charge on any atom is -0.477 e. The van der Waals surface area contributed by atoms with E-state index in [0.29, 0.717) is 4.88 Å². The molecular weight excluding hydrogens is 271 g/mol. The van der Waals surface area contributed by atoms with Gasteiger partial charge >= 0.3 is 12.1 Å². The number of thiophene rings is 1. The van der Waals surface area contributed by atoms with E-state index in [1.807, 2.05) is 0 Å². The Morgan fingerprint density at radius 2 is 2.00 bits per heavy atom.